The van der Waals surface area contributed by atoms with Crippen molar-refractivity contribution in [3.63, 3.8) is 0 Å². The molecule has 134 valence electrons. The molecule has 3 rings (SSSR count). The number of piperidine rings is 1. The molecular weight excluding hydrogens is 282 g/mol. The van der Waals surface area contributed by atoms with Gasteiger partial charge in [0.05, 0.1) is 0 Å². The van der Waals surface area contributed by atoms with Crippen molar-refractivity contribution < 1.29 is 0 Å². The third kappa shape index (κ3) is 5.44. The fraction of sp³-hybridized carbons (Fsp3) is 1.00. The molecule has 0 aromatic rings. The van der Waals surface area contributed by atoms with Crippen LogP contribution >= 0.6 is 0 Å². The summed E-state index contributed by atoms with van der Waals surface area (Å²) in [6.07, 6.45) is 11.7. The lowest BCUT2D eigenvalue weighted by Gasteiger charge is -2.42. The van der Waals surface area contributed by atoms with E-state index in [0.717, 1.165) is 17.9 Å². The highest BCUT2D eigenvalue weighted by Crippen LogP contribution is 2.31. The molecule has 3 nitrogen and oxygen atoms in total. The van der Waals surface area contributed by atoms with Crippen LogP contribution in [0.3, 0.4) is 0 Å². The SMILES string of the molecule is CC1CCC(CCCN2CCN(C3CCN(C)CC3)CC2)CC1. The van der Waals surface area contributed by atoms with Crippen molar-refractivity contribution in [3.05, 3.63) is 0 Å². The Hall–Kier alpha value is -0.120. The molecule has 0 aromatic heterocycles. The van der Waals surface area contributed by atoms with Crippen LogP contribution in [0.2, 0.25) is 0 Å². The molecule has 0 spiro atoms. The number of piperazine rings is 1. The van der Waals surface area contributed by atoms with E-state index in [-0.39, 0.29) is 0 Å². The summed E-state index contributed by atoms with van der Waals surface area (Å²) in [5, 5.41) is 0. The Kier molecular flexibility index (Phi) is 6.79. The molecule has 0 radical (unpaired) electrons. The summed E-state index contributed by atoms with van der Waals surface area (Å²) in [5.74, 6) is 2.05. The van der Waals surface area contributed by atoms with Crippen LogP contribution in [-0.2, 0) is 0 Å². The highest BCUT2D eigenvalue weighted by molar-refractivity contribution is 4.82. The molecule has 2 saturated heterocycles. The van der Waals surface area contributed by atoms with Crippen LogP contribution in [-0.4, -0.2) is 73.6 Å². The molecule has 2 heterocycles. The van der Waals surface area contributed by atoms with E-state index in [1.54, 1.807) is 0 Å². The minimum Gasteiger partial charge on any atom is -0.306 e. The second kappa shape index (κ2) is 8.82. The second-order valence-corrected chi connectivity index (χ2v) is 8.68. The number of rotatable bonds is 5. The molecule has 0 bridgehead atoms. The lowest BCUT2D eigenvalue weighted by atomic mass is 9.81. The summed E-state index contributed by atoms with van der Waals surface area (Å²) in [7, 11) is 2.27. The summed E-state index contributed by atoms with van der Waals surface area (Å²) in [5.41, 5.74) is 0. The van der Waals surface area contributed by atoms with Crippen molar-refractivity contribution >= 4 is 0 Å². The smallest absolute Gasteiger partial charge is 0.0121 e. The van der Waals surface area contributed by atoms with Crippen LogP contribution in [0.5, 0.6) is 0 Å². The van der Waals surface area contributed by atoms with Crippen LogP contribution in [0.1, 0.15) is 58.3 Å². The van der Waals surface area contributed by atoms with Gasteiger partial charge in [-0.2, -0.15) is 0 Å². The Labute approximate surface area is 144 Å². The van der Waals surface area contributed by atoms with Gasteiger partial charge in [0.1, 0.15) is 0 Å². The van der Waals surface area contributed by atoms with Crippen LogP contribution in [0.25, 0.3) is 0 Å². The van der Waals surface area contributed by atoms with Crippen molar-refractivity contribution in [1.29, 1.82) is 0 Å². The molecular formula is C20H39N3. The van der Waals surface area contributed by atoms with Gasteiger partial charge in [-0.05, 0) is 64.2 Å². The van der Waals surface area contributed by atoms with Gasteiger partial charge in [-0.25, -0.2) is 0 Å². The molecule has 0 unspecified atom stereocenters. The Bertz CT molecular complexity index is 319. The lowest BCUT2D eigenvalue weighted by Crippen LogP contribution is -2.52. The maximum absolute atomic E-state index is 2.78. The first-order valence-corrected chi connectivity index (χ1v) is 10.4. The van der Waals surface area contributed by atoms with Crippen LogP contribution in [0, 0.1) is 11.8 Å². The molecule has 0 atom stereocenters. The van der Waals surface area contributed by atoms with Gasteiger partial charge < -0.3 is 9.80 Å². The molecule has 2 aliphatic heterocycles. The van der Waals surface area contributed by atoms with Crippen molar-refractivity contribution in [2.75, 3.05) is 52.9 Å². The highest BCUT2D eigenvalue weighted by atomic mass is 15.3. The normalized spacial score (nSPS) is 33.1. The van der Waals surface area contributed by atoms with E-state index >= 15 is 0 Å². The molecule has 3 heteroatoms. The van der Waals surface area contributed by atoms with E-state index in [9.17, 15) is 0 Å². The van der Waals surface area contributed by atoms with Gasteiger partial charge in [0.15, 0.2) is 0 Å². The molecule has 0 N–H and O–H groups in total. The molecule has 1 aliphatic carbocycles. The predicted octanol–water partition coefficient (Wildman–Crippen LogP) is 3.30. The molecule has 3 aliphatic rings. The van der Waals surface area contributed by atoms with Gasteiger partial charge in [0, 0.05) is 32.2 Å². The first-order chi connectivity index (χ1) is 11.2. The third-order valence-corrected chi connectivity index (χ3v) is 6.83. The van der Waals surface area contributed by atoms with Crippen molar-refractivity contribution in [2.24, 2.45) is 11.8 Å². The molecule has 23 heavy (non-hydrogen) atoms. The van der Waals surface area contributed by atoms with Crippen molar-refractivity contribution in [2.45, 2.75) is 64.3 Å². The number of likely N-dealkylation sites (tertiary alicyclic amines) is 1. The molecule has 0 aromatic carbocycles. The quantitative estimate of drug-likeness (QED) is 0.769. The average Bonchev–Trinajstić information content (AvgIpc) is 2.58. The summed E-state index contributed by atoms with van der Waals surface area (Å²) in [6, 6.07) is 0.873. The van der Waals surface area contributed by atoms with E-state index in [4.69, 9.17) is 0 Å². The Morgan fingerprint density at radius 3 is 2.09 bits per heavy atom. The van der Waals surface area contributed by atoms with Gasteiger partial charge in [-0.15, -0.1) is 0 Å². The number of nitrogens with zero attached hydrogens (tertiary/aromatic N) is 3. The van der Waals surface area contributed by atoms with Crippen LogP contribution < -0.4 is 0 Å². The fourth-order valence-corrected chi connectivity index (χ4v) is 4.93. The zero-order valence-corrected chi connectivity index (χ0v) is 15.7. The molecule has 3 fully saturated rings. The van der Waals surface area contributed by atoms with Gasteiger partial charge in [0.25, 0.3) is 0 Å². The Balaban J connectivity index is 1.27. The van der Waals surface area contributed by atoms with Crippen LogP contribution in [0.15, 0.2) is 0 Å². The van der Waals surface area contributed by atoms with E-state index in [0.29, 0.717) is 0 Å². The third-order valence-electron chi connectivity index (χ3n) is 6.83. The lowest BCUT2D eigenvalue weighted by molar-refractivity contribution is 0.0633. The van der Waals surface area contributed by atoms with Gasteiger partial charge >= 0.3 is 0 Å². The molecule has 1 saturated carbocycles. The summed E-state index contributed by atoms with van der Waals surface area (Å²) in [6.45, 7) is 11.6. The summed E-state index contributed by atoms with van der Waals surface area (Å²) in [4.78, 5) is 8.00. The Morgan fingerprint density at radius 1 is 0.783 bits per heavy atom. The number of hydrogen-bond acceptors (Lipinski definition) is 3. The monoisotopic (exact) mass is 321 g/mol. The topological polar surface area (TPSA) is 9.72 Å². The predicted molar refractivity (Wildman–Crippen MR) is 98.9 cm³/mol. The van der Waals surface area contributed by atoms with Crippen LogP contribution in [0.4, 0.5) is 0 Å². The minimum absolute atomic E-state index is 0.873. The van der Waals surface area contributed by atoms with Gasteiger partial charge in [-0.3, -0.25) is 4.90 Å². The first kappa shape index (κ1) is 17.7. The van der Waals surface area contributed by atoms with E-state index in [1.807, 2.05) is 0 Å². The number of hydrogen-bond donors (Lipinski definition) is 0. The standard InChI is InChI=1S/C20H39N3/c1-18-5-7-19(8-6-18)4-3-11-22-14-16-23(17-15-22)20-9-12-21(2)13-10-20/h18-20H,3-17H2,1-2H3. The highest BCUT2D eigenvalue weighted by Gasteiger charge is 2.26. The second-order valence-electron chi connectivity index (χ2n) is 8.68. The zero-order valence-electron chi connectivity index (χ0n) is 15.7. The van der Waals surface area contributed by atoms with Crippen molar-refractivity contribution in [3.8, 4) is 0 Å². The molecule has 0 amide bonds. The Morgan fingerprint density at radius 2 is 1.43 bits per heavy atom. The maximum Gasteiger partial charge on any atom is 0.0121 e. The van der Waals surface area contributed by atoms with E-state index in [1.165, 1.54) is 97.2 Å². The van der Waals surface area contributed by atoms with Gasteiger partial charge in [-0.1, -0.05) is 32.6 Å². The fourth-order valence-electron chi connectivity index (χ4n) is 4.93. The van der Waals surface area contributed by atoms with Gasteiger partial charge in [0.2, 0.25) is 0 Å². The minimum atomic E-state index is 0.873. The summed E-state index contributed by atoms with van der Waals surface area (Å²) >= 11 is 0. The van der Waals surface area contributed by atoms with E-state index < -0.39 is 0 Å². The maximum atomic E-state index is 2.78. The largest absolute Gasteiger partial charge is 0.306 e. The van der Waals surface area contributed by atoms with E-state index in [2.05, 4.69) is 28.7 Å². The van der Waals surface area contributed by atoms with Crippen molar-refractivity contribution in [1.82, 2.24) is 14.7 Å². The summed E-state index contributed by atoms with van der Waals surface area (Å²) < 4.78 is 0. The average molecular weight is 322 g/mol. The first-order valence-electron chi connectivity index (χ1n) is 10.4. The zero-order chi connectivity index (χ0) is 16.1.